The first-order valence-electron chi connectivity index (χ1n) is 3.93. The van der Waals surface area contributed by atoms with Crippen molar-refractivity contribution in [1.82, 2.24) is 0 Å². The van der Waals surface area contributed by atoms with E-state index < -0.39 is 0 Å². The van der Waals surface area contributed by atoms with Gasteiger partial charge in [-0.1, -0.05) is 32.1 Å². The maximum atomic E-state index is 8.62. The number of allylic oxidation sites excluding steroid dienone is 3. The third-order valence-electron chi connectivity index (χ3n) is 2.13. The lowest BCUT2D eigenvalue weighted by molar-refractivity contribution is 0.534. The minimum Gasteiger partial charge on any atom is -0.193 e. The number of nitriles is 1. The molecule has 0 unspecified atom stereocenters. The Labute approximate surface area is 68.0 Å². The molecule has 0 heterocycles. The third kappa shape index (κ3) is 1.51. The molecule has 1 heteroatoms. The highest BCUT2D eigenvalue weighted by Gasteiger charge is 2.21. The molecule has 0 bridgehead atoms. The highest BCUT2D eigenvalue weighted by molar-refractivity contribution is 5.36. The van der Waals surface area contributed by atoms with Crippen molar-refractivity contribution in [1.29, 1.82) is 5.26 Å². The molecule has 1 atom stereocenters. The number of rotatable bonds is 1. The predicted octanol–water partition coefficient (Wildman–Crippen LogP) is 2.67. The fourth-order valence-electron chi connectivity index (χ4n) is 1.50. The maximum absolute atomic E-state index is 8.62. The van der Waals surface area contributed by atoms with Crippen LogP contribution in [0.1, 0.15) is 20.3 Å². The monoisotopic (exact) mass is 147 g/mol. The first-order valence-corrected chi connectivity index (χ1v) is 3.93. The minimum absolute atomic E-state index is 0.435. The molecule has 0 N–H and O–H groups in total. The van der Waals surface area contributed by atoms with Gasteiger partial charge in [-0.25, -0.2) is 0 Å². The molecule has 1 aliphatic carbocycles. The molecule has 1 nitrogen and oxygen atoms in total. The van der Waals surface area contributed by atoms with Gasteiger partial charge in [-0.15, -0.1) is 0 Å². The molecule has 58 valence electrons. The summed E-state index contributed by atoms with van der Waals surface area (Å²) in [5, 5.41) is 8.62. The fraction of sp³-hybridized carbons (Fsp3) is 0.500. The van der Waals surface area contributed by atoms with Crippen molar-refractivity contribution in [3.63, 3.8) is 0 Å². The molecule has 11 heavy (non-hydrogen) atoms. The molecule has 0 radical (unpaired) electrons. The molecular weight excluding hydrogens is 134 g/mol. The van der Waals surface area contributed by atoms with Crippen LogP contribution in [0.15, 0.2) is 23.8 Å². The average molecular weight is 147 g/mol. The van der Waals surface area contributed by atoms with Crippen molar-refractivity contribution >= 4 is 0 Å². The van der Waals surface area contributed by atoms with Crippen LogP contribution in [0.2, 0.25) is 0 Å². The maximum Gasteiger partial charge on any atom is 0.0947 e. The summed E-state index contributed by atoms with van der Waals surface area (Å²) in [6.07, 6.45) is 2.84. The lowest BCUT2D eigenvalue weighted by Crippen LogP contribution is -2.03. The van der Waals surface area contributed by atoms with Gasteiger partial charge in [0.2, 0.25) is 0 Å². The SMILES string of the molecule is C=C1CC(C#N)=C[C@H]1C(C)C. The molecule has 0 aromatic carbocycles. The van der Waals surface area contributed by atoms with E-state index in [2.05, 4.69) is 26.5 Å². The summed E-state index contributed by atoms with van der Waals surface area (Å²) in [4.78, 5) is 0. The first kappa shape index (κ1) is 8.07. The van der Waals surface area contributed by atoms with Gasteiger partial charge in [-0.05, 0) is 5.92 Å². The summed E-state index contributed by atoms with van der Waals surface area (Å²) in [6.45, 7) is 8.27. The molecule has 0 spiro atoms. The van der Waals surface area contributed by atoms with E-state index in [1.807, 2.05) is 6.08 Å². The first-order chi connectivity index (χ1) is 5.15. The van der Waals surface area contributed by atoms with Crippen LogP contribution in [0.4, 0.5) is 0 Å². The molecule has 0 saturated heterocycles. The van der Waals surface area contributed by atoms with Crippen LogP contribution in [0.3, 0.4) is 0 Å². The Morgan fingerprint density at radius 2 is 2.36 bits per heavy atom. The van der Waals surface area contributed by atoms with Gasteiger partial charge in [0.05, 0.1) is 6.07 Å². The van der Waals surface area contributed by atoms with Crippen molar-refractivity contribution in [3.05, 3.63) is 23.8 Å². The minimum atomic E-state index is 0.435. The Bertz CT molecular complexity index is 240. The lowest BCUT2D eigenvalue weighted by Gasteiger charge is -2.12. The zero-order valence-electron chi connectivity index (χ0n) is 7.09. The molecule has 0 aromatic rings. The van der Waals surface area contributed by atoms with Gasteiger partial charge >= 0.3 is 0 Å². The van der Waals surface area contributed by atoms with Gasteiger partial charge in [0, 0.05) is 17.9 Å². The van der Waals surface area contributed by atoms with E-state index in [-0.39, 0.29) is 0 Å². The zero-order chi connectivity index (χ0) is 8.43. The number of nitrogens with zero attached hydrogens (tertiary/aromatic N) is 1. The molecule has 1 rings (SSSR count). The summed E-state index contributed by atoms with van der Waals surface area (Å²) >= 11 is 0. The Kier molecular flexibility index (Phi) is 2.14. The molecule has 1 aliphatic rings. The van der Waals surface area contributed by atoms with Gasteiger partial charge in [0.25, 0.3) is 0 Å². The van der Waals surface area contributed by atoms with E-state index in [0.717, 1.165) is 12.0 Å². The lowest BCUT2D eigenvalue weighted by atomic mass is 9.92. The van der Waals surface area contributed by atoms with E-state index in [0.29, 0.717) is 11.8 Å². The van der Waals surface area contributed by atoms with E-state index in [4.69, 9.17) is 5.26 Å². The Balaban J connectivity index is 2.78. The molecular formula is C10H13N. The summed E-state index contributed by atoms with van der Waals surface area (Å²) in [6, 6.07) is 2.18. The zero-order valence-corrected chi connectivity index (χ0v) is 7.09. The quantitative estimate of drug-likeness (QED) is 0.523. The average Bonchev–Trinajstić information content (AvgIpc) is 2.30. The van der Waals surface area contributed by atoms with Gasteiger partial charge < -0.3 is 0 Å². The smallest absolute Gasteiger partial charge is 0.0947 e. The predicted molar refractivity (Wildman–Crippen MR) is 45.8 cm³/mol. The number of hydrogen-bond acceptors (Lipinski definition) is 1. The molecule has 0 saturated carbocycles. The van der Waals surface area contributed by atoms with Crippen LogP contribution in [0.25, 0.3) is 0 Å². The van der Waals surface area contributed by atoms with Crippen LogP contribution >= 0.6 is 0 Å². The number of hydrogen-bond donors (Lipinski definition) is 0. The Morgan fingerprint density at radius 1 is 1.73 bits per heavy atom. The van der Waals surface area contributed by atoms with Crippen molar-refractivity contribution in [3.8, 4) is 6.07 Å². The second-order valence-electron chi connectivity index (χ2n) is 3.41. The fourth-order valence-corrected chi connectivity index (χ4v) is 1.50. The normalized spacial score (nSPS) is 23.6. The molecule has 0 aromatic heterocycles. The van der Waals surface area contributed by atoms with Gasteiger partial charge in [0.15, 0.2) is 0 Å². The topological polar surface area (TPSA) is 23.8 Å². The molecule has 0 fully saturated rings. The van der Waals surface area contributed by atoms with Crippen LogP contribution in [-0.4, -0.2) is 0 Å². The van der Waals surface area contributed by atoms with Crippen LogP contribution in [0.5, 0.6) is 0 Å². The highest BCUT2D eigenvalue weighted by Crippen LogP contribution is 2.33. The van der Waals surface area contributed by atoms with Crippen molar-refractivity contribution < 1.29 is 0 Å². The van der Waals surface area contributed by atoms with Crippen LogP contribution < -0.4 is 0 Å². The van der Waals surface area contributed by atoms with E-state index in [1.165, 1.54) is 5.57 Å². The van der Waals surface area contributed by atoms with Crippen LogP contribution in [-0.2, 0) is 0 Å². The van der Waals surface area contributed by atoms with E-state index in [1.54, 1.807) is 0 Å². The Morgan fingerprint density at radius 3 is 2.64 bits per heavy atom. The van der Waals surface area contributed by atoms with Crippen molar-refractivity contribution in [2.45, 2.75) is 20.3 Å². The van der Waals surface area contributed by atoms with Gasteiger partial charge in [0.1, 0.15) is 0 Å². The van der Waals surface area contributed by atoms with Crippen molar-refractivity contribution in [2.24, 2.45) is 11.8 Å². The molecule has 0 amide bonds. The van der Waals surface area contributed by atoms with Gasteiger partial charge in [-0.2, -0.15) is 5.26 Å². The third-order valence-corrected chi connectivity index (χ3v) is 2.13. The summed E-state index contributed by atoms with van der Waals surface area (Å²) < 4.78 is 0. The standard InChI is InChI=1S/C10H13N/c1-7(2)10-5-9(6-11)4-8(10)3/h5,7,10H,3-4H2,1-2H3/t10-/m0/s1. The van der Waals surface area contributed by atoms with E-state index >= 15 is 0 Å². The summed E-state index contributed by atoms with van der Waals surface area (Å²) in [7, 11) is 0. The van der Waals surface area contributed by atoms with Crippen LogP contribution in [0, 0.1) is 23.2 Å². The highest BCUT2D eigenvalue weighted by atomic mass is 14.3. The summed E-state index contributed by atoms with van der Waals surface area (Å²) in [5.41, 5.74) is 2.07. The second-order valence-corrected chi connectivity index (χ2v) is 3.41. The largest absolute Gasteiger partial charge is 0.193 e. The Hall–Kier alpha value is -1.03. The van der Waals surface area contributed by atoms with E-state index in [9.17, 15) is 0 Å². The summed E-state index contributed by atoms with van der Waals surface area (Å²) in [5.74, 6) is 1.01. The molecule has 0 aliphatic heterocycles. The van der Waals surface area contributed by atoms with Crippen molar-refractivity contribution in [2.75, 3.05) is 0 Å². The van der Waals surface area contributed by atoms with Gasteiger partial charge in [-0.3, -0.25) is 0 Å². The second kappa shape index (κ2) is 2.92.